The molecule has 0 unspecified atom stereocenters. The van der Waals surface area contributed by atoms with Crippen LogP contribution < -0.4 is 0 Å². The lowest BCUT2D eigenvalue weighted by Gasteiger charge is -2.00. The maximum atomic E-state index is 13.1. The van der Waals surface area contributed by atoms with Gasteiger partial charge in [-0.15, -0.1) is 0 Å². The number of nitro groups is 1. The first-order valence-electron chi connectivity index (χ1n) is 4.35. The van der Waals surface area contributed by atoms with Gasteiger partial charge in [0.25, 0.3) is 5.69 Å². The Morgan fingerprint density at radius 2 is 2.24 bits per heavy atom. The van der Waals surface area contributed by atoms with Crippen molar-refractivity contribution >= 4 is 33.7 Å². The fourth-order valence-corrected chi connectivity index (χ4v) is 1.43. The largest absolute Gasteiger partial charge is 0.466 e. The number of carbonyl (C=O) groups is 1. The van der Waals surface area contributed by atoms with E-state index in [4.69, 9.17) is 0 Å². The zero-order valence-corrected chi connectivity index (χ0v) is 10.2. The van der Waals surface area contributed by atoms with Gasteiger partial charge >= 0.3 is 5.97 Å². The van der Waals surface area contributed by atoms with Crippen LogP contribution in [-0.4, -0.2) is 18.0 Å². The van der Waals surface area contributed by atoms with Gasteiger partial charge in [-0.05, 0) is 28.1 Å². The van der Waals surface area contributed by atoms with Crippen LogP contribution in [0.2, 0.25) is 0 Å². The second-order valence-corrected chi connectivity index (χ2v) is 3.79. The summed E-state index contributed by atoms with van der Waals surface area (Å²) in [5.74, 6) is -1.40. The molecular weight excluding hydrogens is 297 g/mol. The number of benzene rings is 1. The van der Waals surface area contributed by atoms with Gasteiger partial charge in [0.2, 0.25) is 0 Å². The van der Waals surface area contributed by atoms with E-state index in [1.54, 1.807) is 0 Å². The minimum atomic E-state index is -0.744. The summed E-state index contributed by atoms with van der Waals surface area (Å²) < 4.78 is 17.5. The third kappa shape index (κ3) is 3.35. The lowest BCUT2D eigenvalue weighted by atomic mass is 10.1. The Hall–Kier alpha value is -1.76. The molecule has 0 saturated heterocycles. The lowest BCUT2D eigenvalue weighted by molar-refractivity contribution is -0.385. The third-order valence-electron chi connectivity index (χ3n) is 1.87. The molecule has 0 aromatic heterocycles. The molecule has 0 spiro atoms. The Kier molecular flexibility index (Phi) is 4.33. The van der Waals surface area contributed by atoms with Gasteiger partial charge in [0.1, 0.15) is 5.82 Å². The molecule has 0 heterocycles. The SMILES string of the molecule is COC(=O)/C=C/c1cc(Br)c(F)cc1[N+](=O)[O-]. The van der Waals surface area contributed by atoms with E-state index < -0.39 is 22.4 Å². The van der Waals surface area contributed by atoms with Crippen molar-refractivity contribution in [3.8, 4) is 0 Å². The van der Waals surface area contributed by atoms with E-state index >= 15 is 0 Å². The molecule has 0 radical (unpaired) electrons. The zero-order valence-electron chi connectivity index (χ0n) is 8.65. The Morgan fingerprint density at radius 1 is 1.59 bits per heavy atom. The number of hydrogen-bond donors (Lipinski definition) is 0. The minimum Gasteiger partial charge on any atom is -0.466 e. The van der Waals surface area contributed by atoms with Gasteiger partial charge in [0, 0.05) is 6.08 Å². The summed E-state index contributed by atoms with van der Waals surface area (Å²) in [5, 5.41) is 10.7. The van der Waals surface area contributed by atoms with Crippen molar-refractivity contribution < 1.29 is 18.8 Å². The normalized spacial score (nSPS) is 10.5. The van der Waals surface area contributed by atoms with Gasteiger partial charge in [0.15, 0.2) is 0 Å². The van der Waals surface area contributed by atoms with Crippen LogP contribution >= 0.6 is 15.9 Å². The molecule has 0 aliphatic rings. The molecular formula is C10H7BrFNO4. The Labute approximate surface area is 104 Å². The second-order valence-electron chi connectivity index (χ2n) is 2.94. The van der Waals surface area contributed by atoms with Crippen molar-refractivity contribution in [1.82, 2.24) is 0 Å². The maximum Gasteiger partial charge on any atom is 0.330 e. The van der Waals surface area contributed by atoms with Crippen LogP contribution in [0.3, 0.4) is 0 Å². The van der Waals surface area contributed by atoms with Gasteiger partial charge in [-0.25, -0.2) is 9.18 Å². The molecule has 5 nitrogen and oxygen atoms in total. The van der Waals surface area contributed by atoms with Crippen LogP contribution in [0.1, 0.15) is 5.56 Å². The molecule has 1 aromatic carbocycles. The van der Waals surface area contributed by atoms with Crippen molar-refractivity contribution in [3.63, 3.8) is 0 Å². The van der Waals surface area contributed by atoms with Gasteiger partial charge in [-0.2, -0.15) is 0 Å². The van der Waals surface area contributed by atoms with Crippen LogP contribution in [0.5, 0.6) is 0 Å². The smallest absolute Gasteiger partial charge is 0.330 e. The Bertz CT molecular complexity index is 501. The number of nitrogens with zero attached hydrogens (tertiary/aromatic N) is 1. The standard InChI is InChI=1S/C10H7BrFNO4/c1-17-10(14)3-2-6-4-7(11)8(12)5-9(6)13(15)16/h2-5H,1H3/b3-2+. The van der Waals surface area contributed by atoms with E-state index in [-0.39, 0.29) is 10.0 Å². The highest BCUT2D eigenvalue weighted by Gasteiger charge is 2.15. The predicted molar refractivity (Wildman–Crippen MR) is 61.8 cm³/mol. The van der Waals surface area contributed by atoms with Crippen molar-refractivity contribution in [2.45, 2.75) is 0 Å². The number of rotatable bonds is 3. The van der Waals surface area contributed by atoms with Crippen molar-refractivity contribution in [1.29, 1.82) is 0 Å². The van der Waals surface area contributed by atoms with Crippen LogP contribution in [0.25, 0.3) is 6.08 Å². The summed E-state index contributed by atoms with van der Waals surface area (Å²) in [4.78, 5) is 20.8. The summed E-state index contributed by atoms with van der Waals surface area (Å²) in [6.07, 6.45) is 2.21. The first-order chi connectivity index (χ1) is 7.95. The first kappa shape index (κ1) is 13.3. The Morgan fingerprint density at radius 3 is 2.76 bits per heavy atom. The van der Waals surface area contributed by atoms with Gasteiger partial charge in [0.05, 0.1) is 28.1 Å². The number of nitro benzene ring substituents is 1. The maximum absolute atomic E-state index is 13.1. The molecule has 7 heteroatoms. The summed E-state index contributed by atoms with van der Waals surface area (Å²) in [7, 11) is 1.18. The number of methoxy groups -OCH3 is 1. The van der Waals surface area contributed by atoms with Crippen LogP contribution in [0, 0.1) is 15.9 Å². The quantitative estimate of drug-likeness (QED) is 0.372. The van der Waals surface area contributed by atoms with E-state index in [0.29, 0.717) is 0 Å². The van der Waals surface area contributed by atoms with Gasteiger partial charge in [-0.1, -0.05) is 0 Å². The molecule has 0 aliphatic carbocycles. The molecule has 0 bridgehead atoms. The molecule has 1 aromatic rings. The predicted octanol–water partition coefficient (Wildman–Crippen LogP) is 2.68. The fraction of sp³-hybridized carbons (Fsp3) is 0.100. The first-order valence-corrected chi connectivity index (χ1v) is 5.14. The van der Waals surface area contributed by atoms with Crippen molar-refractivity contribution in [2.75, 3.05) is 7.11 Å². The molecule has 0 fully saturated rings. The lowest BCUT2D eigenvalue weighted by Crippen LogP contribution is -1.96. The summed E-state index contributed by atoms with van der Waals surface area (Å²) in [6.45, 7) is 0. The molecule has 1 rings (SSSR count). The van der Waals surface area contributed by atoms with Crippen molar-refractivity contribution in [3.05, 3.63) is 44.2 Å². The molecule has 0 aliphatic heterocycles. The van der Waals surface area contributed by atoms with E-state index in [0.717, 1.165) is 12.1 Å². The zero-order chi connectivity index (χ0) is 13.0. The number of esters is 1. The van der Waals surface area contributed by atoms with Gasteiger partial charge in [-0.3, -0.25) is 10.1 Å². The van der Waals surface area contributed by atoms with Crippen LogP contribution in [-0.2, 0) is 9.53 Å². The summed E-state index contributed by atoms with van der Waals surface area (Å²) >= 11 is 2.91. The van der Waals surface area contributed by atoms with E-state index in [9.17, 15) is 19.3 Å². The number of carbonyl (C=O) groups excluding carboxylic acids is 1. The fourth-order valence-electron chi connectivity index (χ4n) is 1.07. The molecule has 90 valence electrons. The highest BCUT2D eigenvalue weighted by molar-refractivity contribution is 9.10. The highest BCUT2D eigenvalue weighted by Crippen LogP contribution is 2.27. The van der Waals surface area contributed by atoms with Crippen LogP contribution in [0.4, 0.5) is 10.1 Å². The average Bonchev–Trinajstić information content (AvgIpc) is 2.29. The van der Waals surface area contributed by atoms with E-state index in [1.807, 2.05) is 0 Å². The summed E-state index contributed by atoms with van der Waals surface area (Å²) in [5.41, 5.74) is -0.320. The monoisotopic (exact) mass is 303 g/mol. The molecule has 0 saturated carbocycles. The molecule has 0 N–H and O–H groups in total. The van der Waals surface area contributed by atoms with E-state index in [2.05, 4.69) is 20.7 Å². The van der Waals surface area contributed by atoms with Gasteiger partial charge < -0.3 is 4.74 Å². The van der Waals surface area contributed by atoms with E-state index in [1.165, 1.54) is 19.3 Å². The third-order valence-corrected chi connectivity index (χ3v) is 2.47. The molecule has 17 heavy (non-hydrogen) atoms. The Balaban J connectivity index is 3.22. The number of ether oxygens (including phenoxy) is 1. The number of halogens is 2. The van der Waals surface area contributed by atoms with Crippen molar-refractivity contribution in [2.24, 2.45) is 0 Å². The number of hydrogen-bond acceptors (Lipinski definition) is 4. The minimum absolute atomic E-state index is 0.0765. The topological polar surface area (TPSA) is 69.4 Å². The average molecular weight is 304 g/mol. The summed E-state index contributed by atoms with van der Waals surface area (Å²) in [6, 6.07) is 1.99. The molecule has 0 atom stereocenters. The second kappa shape index (κ2) is 5.53. The molecule has 0 amide bonds. The van der Waals surface area contributed by atoms with Crippen LogP contribution in [0.15, 0.2) is 22.7 Å². The highest BCUT2D eigenvalue weighted by atomic mass is 79.9.